The number of thiophene rings is 1. The summed E-state index contributed by atoms with van der Waals surface area (Å²) in [6.07, 6.45) is 0. The van der Waals surface area contributed by atoms with Gasteiger partial charge in [-0.15, -0.1) is 21.5 Å². The molecule has 2 aromatic rings. The maximum absolute atomic E-state index is 11.8. The van der Waals surface area contributed by atoms with Crippen LogP contribution >= 0.6 is 34.3 Å². The molecular formula is C11H13ClN4OS2. The number of hydrogen-bond donors (Lipinski definition) is 1. The zero-order valence-corrected chi connectivity index (χ0v) is 12.7. The van der Waals surface area contributed by atoms with E-state index in [0.717, 1.165) is 22.3 Å². The Bertz CT molecular complexity index is 529. The van der Waals surface area contributed by atoms with E-state index in [1.807, 2.05) is 24.0 Å². The number of amides is 1. The van der Waals surface area contributed by atoms with Crippen LogP contribution in [0.2, 0.25) is 4.34 Å². The largest absolute Gasteiger partial charge is 0.299 e. The summed E-state index contributed by atoms with van der Waals surface area (Å²) in [6.45, 7) is 3.86. The third-order valence-corrected chi connectivity index (χ3v) is 4.25. The van der Waals surface area contributed by atoms with E-state index in [9.17, 15) is 4.79 Å². The Balaban J connectivity index is 1.86. The van der Waals surface area contributed by atoms with Crippen LogP contribution in [0.3, 0.4) is 0 Å². The minimum atomic E-state index is -0.0822. The van der Waals surface area contributed by atoms with Crippen molar-refractivity contribution < 1.29 is 4.79 Å². The highest BCUT2D eigenvalue weighted by molar-refractivity contribution is 7.16. The quantitative estimate of drug-likeness (QED) is 0.890. The summed E-state index contributed by atoms with van der Waals surface area (Å²) >= 11 is 8.74. The van der Waals surface area contributed by atoms with E-state index in [1.54, 1.807) is 5.51 Å². The van der Waals surface area contributed by atoms with E-state index in [1.165, 1.54) is 22.7 Å². The Morgan fingerprint density at radius 3 is 2.95 bits per heavy atom. The van der Waals surface area contributed by atoms with Gasteiger partial charge in [0.1, 0.15) is 5.51 Å². The number of anilines is 1. The van der Waals surface area contributed by atoms with Gasteiger partial charge in [0.25, 0.3) is 0 Å². The standard InChI is InChI=1S/C11H13ClN4OS2/c1-2-16(5-8-3-4-9(12)19-8)6-10(17)14-11-15-13-7-18-11/h3-4,7H,2,5-6H2,1H3,(H,14,15,17). The van der Waals surface area contributed by atoms with Crippen LogP contribution in [-0.4, -0.2) is 34.1 Å². The van der Waals surface area contributed by atoms with Crippen LogP contribution in [0, 0.1) is 0 Å². The van der Waals surface area contributed by atoms with Gasteiger partial charge in [-0.1, -0.05) is 29.9 Å². The van der Waals surface area contributed by atoms with Gasteiger partial charge in [0.05, 0.1) is 10.9 Å². The molecule has 0 saturated heterocycles. The number of aromatic nitrogens is 2. The lowest BCUT2D eigenvalue weighted by Gasteiger charge is -2.18. The molecule has 0 bridgehead atoms. The average Bonchev–Trinajstić information content (AvgIpc) is 3.00. The van der Waals surface area contributed by atoms with Crippen molar-refractivity contribution in [3.8, 4) is 0 Å². The molecule has 0 radical (unpaired) electrons. The highest BCUT2D eigenvalue weighted by atomic mass is 35.5. The molecule has 0 aliphatic rings. The fourth-order valence-corrected chi connectivity index (χ4v) is 3.12. The van der Waals surface area contributed by atoms with Crippen molar-refractivity contribution in [3.63, 3.8) is 0 Å². The Hall–Kier alpha value is -1.02. The Morgan fingerprint density at radius 1 is 1.53 bits per heavy atom. The molecule has 0 aliphatic heterocycles. The van der Waals surface area contributed by atoms with Crippen molar-refractivity contribution in [1.82, 2.24) is 15.1 Å². The van der Waals surface area contributed by atoms with Crippen LogP contribution in [0.25, 0.3) is 0 Å². The smallest absolute Gasteiger partial charge is 0.240 e. The molecule has 0 aliphatic carbocycles. The van der Waals surface area contributed by atoms with Gasteiger partial charge in [-0.3, -0.25) is 15.0 Å². The minimum absolute atomic E-state index is 0.0822. The molecular weight excluding hydrogens is 304 g/mol. The van der Waals surface area contributed by atoms with Gasteiger partial charge in [0, 0.05) is 11.4 Å². The van der Waals surface area contributed by atoms with Crippen molar-refractivity contribution >= 4 is 45.3 Å². The van der Waals surface area contributed by atoms with Crippen molar-refractivity contribution in [2.24, 2.45) is 0 Å². The molecule has 0 aromatic carbocycles. The Kier molecular flexibility index (Phi) is 5.26. The fourth-order valence-electron chi connectivity index (χ4n) is 1.53. The third-order valence-electron chi connectivity index (χ3n) is 2.43. The zero-order chi connectivity index (χ0) is 13.7. The van der Waals surface area contributed by atoms with Crippen molar-refractivity contribution in [2.75, 3.05) is 18.4 Å². The van der Waals surface area contributed by atoms with E-state index in [-0.39, 0.29) is 5.91 Å². The monoisotopic (exact) mass is 316 g/mol. The molecule has 2 heterocycles. The predicted molar refractivity (Wildman–Crippen MR) is 78.8 cm³/mol. The van der Waals surface area contributed by atoms with Crippen LogP contribution < -0.4 is 5.32 Å². The van der Waals surface area contributed by atoms with E-state index < -0.39 is 0 Å². The topological polar surface area (TPSA) is 58.1 Å². The molecule has 2 rings (SSSR count). The van der Waals surface area contributed by atoms with Gasteiger partial charge < -0.3 is 0 Å². The van der Waals surface area contributed by atoms with Crippen LogP contribution in [0.1, 0.15) is 11.8 Å². The normalized spacial score (nSPS) is 10.9. The SMILES string of the molecule is CCN(CC(=O)Nc1nncs1)Cc1ccc(Cl)s1. The molecule has 0 unspecified atom stereocenters. The minimum Gasteiger partial charge on any atom is -0.299 e. The lowest BCUT2D eigenvalue weighted by molar-refractivity contribution is -0.117. The maximum atomic E-state index is 11.8. The van der Waals surface area contributed by atoms with E-state index in [4.69, 9.17) is 11.6 Å². The van der Waals surface area contributed by atoms with Crippen LogP contribution in [0.15, 0.2) is 17.6 Å². The summed E-state index contributed by atoms with van der Waals surface area (Å²) in [5.74, 6) is -0.0822. The number of nitrogens with one attached hydrogen (secondary N) is 1. The summed E-state index contributed by atoms with van der Waals surface area (Å²) < 4.78 is 0.768. The number of carbonyl (C=O) groups excluding carboxylic acids is 1. The first-order valence-electron chi connectivity index (χ1n) is 5.70. The molecule has 0 fully saturated rings. The molecule has 2 aromatic heterocycles. The lowest BCUT2D eigenvalue weighted by atomic mass is 10.4. The van der Waals surface area contributed by atoms with Gasteiger partial charge >= 0.3 is 0 Å². The zero-order valence-electron chi connectivity index (χ0n) is 10.3. The molecule has 1 N–H and O–H groups in total. The van der Waals surface area contributed by atoms with Crippen LogP contribution in [0.5, 0.6) is 0 Å². The molecule has 102 valence electrons. The summed E-state index contributed by atoms with van der Waals surface area (Å²) in [5, 5.41) is 10.7. The number of hydrogen-bond acceptors (Lipinski definition) is 6. The van der Waals surface area contributed by atoms with Crippen molar-refractivity contribution in [1.29, 1.82) is 0 Å². The molecule has 8 heteroatoms. The van der Waals surface area contributed by atoms with Gasteiger partial charge in [0.15, 0.2) is 0 Å². The number of carbonyl (C=O) groups is 1. The Labute approximate surface area is 124 Å². The third kappa shape index (κ3) is 4.54. The first kappa shape index (κ1) is 14.4. The molecule has 0 spiro atoms. The van der Waals surface area contributed by atoms with E-state index >= 15 is 0 Å². The summed E-state index contributed by atoms with van der Waals surface area (Å²) in [6, 6.07) is 3.86. The highest BCUT2D eigenvalue weighted by Gasteiger charge is 2.12. The summed E-state index contributed by atoms with van der Waals surface area (Å²) in [7, 11) is 0. The maximum Gasteiger partial charge on any atom is 0.240 e. The molecule has 0 saturated carbocycles. The van der Waals surface area contributed by atoms with E-state index in [0.29, 0.717) is 11.7 Å². The number of rotatable bonds is 6. The van der Waals surface area contributed by atoms with Gasteiger partial charge in [-0.25, -0.2) is 0 Å². The van der Waals surface area contributed by atoms with Crippen molar-refractivity contribution in [3.05, 3.63) is 26.9 Å². The van der Waals surface area contributed by atoms with Crippen molar-refractivity contribution in [2.45, 2.75) is 13.5 Å². The number of halogens is 1. The fraction of sp³-hybridized carbons (Fsp3) is 0.364. The molecule has 19 heavy (non-hydrogen) atoms. The highest BCUT2D eigenvalue weighted by Crippen LogP contribution is 2.22. The average molecular weight is 317 g/mol. The summed E-state index contributed by atoms with van der Waals surface area (Å²) in [5.41, 5.74) is 1.58. The van der Waals surface area contributed by atoms with Crippen LogP contribution in [-0.2, 0) is 11.3 Å². The first-order valence-corrected chi connectivity index (χ1v) is 7.77. The first-order chi connectivity index (χ1) is 9.17. The predicted octanol–water partition coefficient (Wildman–Crippen LogP) is 2.71. The van der Waals surface area contributed by atoms with Gasteiger partial charge in [-0.2, -0.15) is 0 Å². The lowest BCUT2D eigenvalue weighted by Crippen LogP contribution is -2.32. The second-order valence-corrected chi connectivity index (χ2v) is 6.43. The molecule has 1 amide bonds. The number of nitrogens with zero attached hydrogens (tertiary/aromatic N) is 3. The van der Waals surface area contributed by atoms with Crippen LogP contribution in [0.4, 0.5) is 5.13 Å². The van der Waals surface area contributed by atoms with E-state index in [2.05, 4.69) is 15.5 Å². The molecule has 0 atom stereocenters. The molecule has 5 nitrogen and oxygen atoms in total. The second kappa shape index (κ2) is 6.95. The number of likely N-dealkylation sites (N-methyl/N-ethyl adjacent to an activating group) is 1. The van der Waals surface area contributed by atoms with Gasteiger partial charge in [-0.05, 0) is 18.7 Å². The second-order valence-electron chi connectivity index (χ2n) is 3.80. The summed E-state index contributed by atoms with van der Waals surface area (Å²) in [4.78, 5) is 15.0. The Morgan fingerprint density at radius 2 is 2.37 bits per heavy atom. The van der Waals surface area contributed by atoms with Gasteiger partial charge in [0.2, 0.25) is 11.0 Å².